The number of nitrogens with zero attached hydrogens (tertiary/aromatic N) is 4. The number of fused-ring (bicyclic) bond motifs is 1. The lowest BCUT2D eigenvalue weighted by molar-refractivity contribution is -0.139. The molecule has 6 rings (SSSR count). The molecule has 3 heterocycles. The molecule has 43 heavy (non-hydrogen) atoms. The molecule has 8 nitrogen and oxygen atoms in total. The third-order valence-corrected chi connectivity index (χ3v) is 8.31. The first kappa shape index (κ1) is 28.1. The zero-order chi connectivity index (χ0) is 30.1. The van der Waals surface area contributed by atoms with Crippen LogP contribution in [0.15, 0.2) is 106 Å². The quantitative estimate of drug-likeness (QED) is 0.250. The van der Waals surface area contributed by atoms with E-state index in [2.05, 4.69) is 0 Å². The molecule has 3 aromatic carbocycles. The lowest BCUT2D eigenvalue weighted by Crippen LogP contribution is -2.39. The highest BCUT2D eigenvalue weighted by atomic mass is 32.1. The maximum absolute atomic E-state index is 14.2. The maximum Gasteiger partial charge on any atom is 0.338 e. The lowest BCUT2D eigenvalue weighted by Gasteiger charge is -2.24. The zero-order valence-corrected chi connectivity index (χ0v) is 25.1. The summed E-state index contributed by atoms with van der Waals surface area (Å²) in [5.41, 5.74) is 5.90. The number of aromatic nitrogens is 3. The molecule has 0 radical (unpaired) electrons. The van der Waals surface area contributed by atoms with Gasteiger partial charge in [0.05, 0.1) is 46.9 Å². The third-order valence-electron chi connectivity index (χ3n) is 7.32. The van der Waals surface area contributed by atoms with Crippen LogP contribution in [-0.4, -0.2) is 34.0 Å². The van der Waals surface area contributed by atoms with E-state index in [4.69, 9.17) is 19.6 Å². The highest BCUT2D eigenvalue weighted by molar-refractivity contribution is 7.07. The second-order valence-electron chi connectivity index (χ2n) is 10.2. The Kier molecular flexibility index (Phi) is 7.65. The van der Waals surface area contributed by atoms with Gasteiger partial charge >= 0.3 is 5.97 Å². The summed E-state index contributed by atoms with van der Waals surface area (Å²) in [6, 6.07) is 24.7. The van der Waals surface area contributed by atoms with Crippen molar-refractivity contribution in [2.24, 2.45) is 4.99 Å². The number of aryl methyl sites for hydroxylation is 1. The molecule has 1 aliphatic heterocycles. The first-order chi connectivity index (χ1) is 20.9. The summed E-state index contributed by atoms with van der Waals surface area (Å²) in [5.74, 6) is 0.179. The van der Waals surface area contributed by atoms with Gasteiger partial charge in [-0.15, -0.1) is 0 Å². The fraction of sp³-hybridized carbons (Fsp3) is 0.176. The van der Waals surface area contributed by atoms with Crippen LogP contribution in [0.2, 0.25) is 0 Å². The van der Waals surface area contributed by atoms with Crippen LogP contribution in [0.4, 0.5) is 0 Å². The van der Waals surface area contributed by atoms with Gasteiger partial charge in [0, 0.05) is 17.3 Å². The Bertz CT molecular complexity index is 2020. The second kappa shape index (κ2) is 11.7. The standard InChI is InChI=1S/C34H30N4O4S/c1-5-42-33(40)29-22(3)35-34-38(31(29)24-15-17-27(41-4)18-16-24)32(39)28(43-34)19-25-20-37(26-9-7-6-8-10-26)36-30(25)23-13-11-21(2)12-14-23/h6-20,31H,5H2,1-4H3/b28-19-/t31-/m0/s1. The number of thiazole rings is 1. The van der Waals surface area contributed by atoms with E-state index in [-0.39, 0.29) is 12.2 Å². The minimum atomic E-state index is -0.702. The molecular weight excluding hydrogens is 560 g/mol. The molecule has 216 valence electrons. The van der Waals surface area contributed by atoms with Gasteiger partial charge in [-0.1, -0.05) is 71.5 Å². The van der Waals surface area contributed by atoms with Crippen molar-refractivity contribution in [3.63, 3.8) is 0 Å². The van der Waals surface area contributed by atoms with E-state index in [1.807, 2.05) is 103 Å². The molecule has 0 fully saturated rings. The number of para-hydroxylation sites is 1. The lowest BCUT2D eigenvalue weighted by atomic mass is 9.96. The summed E-state index contributed by atoms with van der Waals surface area (Å²) in [5, 5.41) is 4.91. The van der Waals surface area contributed by atoms with Crippen molar-refractivity contribution in [1.82, 2.24) is 14.3 Å². The molecule has 0 amide bonds. The average molecular weight is 591 g/mol. The number of methoxy groups -OCH3 is 1. The molecule has 5 aromatic rings. The number of hydrogen-bond donors (Lipinski definition) is 0. The number of ether oxygens (including phenoxy) is 2. The topological polar surface area (TPSA) is 87.7 Å². The summed E-state index contributed by atoms with van der Waals surface area (Å²) in [4.78, 5) is 32.6. The number of hydrogen-bond acceptors (Lipinski definition) is 7. The van der Waals surface area contributed by atoms with Gasteiger partial charge in [0.1, 0.15) is 5.75 Å². The third kappa shape index (κ3) is 5.35. The van der Waals surface area contributed by atoms with Crippen LogP contribution >= 0.6 is 11.3 Å². The molecule has 0 unspecified atom stereocenters. The summed E-state index contributed by atoms with van der Waals surface area (Å²) >= 11 is 1.29. The van der Waals surface area contributed by atoms with E-state index >= 15 is 0 Å². The molecule has 2 aromatic heterocycles. The largest absolute Gasteiger partial charge is 0.497 e. The number of rotatable bonds is 7. The Morgan fingerprint density at radius 1 is 1.00 bits per heavy atom. The van der Waals surface area contributed by atoms with E-state index in [1.165, 1.54) is 11.3 Å². The van der Waals surface area contributed by atoms with E-state index in [1.54, 1.807) is 25.5 Å². The van der Waals surface area contributed by atoms with Crippen LogP contribution in [0.3, 0.4) is 0 Å². The van der Waals surface area contributed by atoms with Crippen LogP contribution < -0.4 is 19.6 Å². The van der Waals surface area contributed by atoms with Gasteiger partial charge in [-0.2, -0.15) is 5.10 Å². The Morgan fingerprint density at radius 3 is 2.40 bits per heavy atom. The number of esters is 1. The van der Waals surface area contributed by atoms with E-state index in [0.29, 0.717) is 26.4 Å². The predicted molar refractivity (Wildman–Crippen MR) is 167 cm³/mol. The van der Waals surface area contributed by atoms with Crippen molar-refractivity contribution in [1.29, 1.82) is 0 Å². The minimum absolute atomic E-state index is 0.211. The van der Waals surface area contributed by atoms with Crippen LogP contribution in [0.1, 0.15) is 36.6 Å². The summed E-state index contributed by atoms with van der Waals surface area (Å²) < 4.78 is 14.6. The van der Waals surface area contributed by atoms with Crippen LogP contribution in [0.25, 0.3) is 23.0 Å². The van der Waals surface area contributed by atoms with E-state index < -0.39 is 12.0 Å². The Balaban J connectivity index is 1.55. The van der Waals surface area contributed by atoms with Crippen LogP contribution in [-0.2, 0) is 9.53 Å². The van der Waals surface area contributed by atoms with Gasteiger partial charge in [-0.3, -0.25) is 9.36 Å². The average Bonchev–Trinajstić information content (AvgIpc) is 3.58. The first-order valence-electron chi connectivity index (χ1n) is 13.9. The number of allylic oxidation sites excluding steroid dienone is 1. The Morgan fingerprint density at radius 2 is 1.72 bits per heavy atom. The van der Waals surface area contributed by atoms with Crippen molar-refractivity contribution in [2.75, 3.05) is 13.7 Å². The van der Waals surface area contributed by atoms with Crippen molar-refractivity contribution in [3.05, 3.63) is 133 Å². The normalized spacial score (nSPS) is 14.8. The summed E-state index contributed by atoms with van der Waals surface area (Å²) in [6.07, 6.45) is 3.79. The fourth-order valence-corrected chi connectivity index (χ4v) is 6.21. The van der Waals surface area contributed by atoms with E-state index in [9.17, 15) is 9.59 Å². The molecule has 0 spiro atoms. The highest BCUT2D eigenvalue weighted by Gasteiger charge is 2.33. The van der Waals surface area contributed by atoms with Crippen molar-refractivity contribution in [2.45, 2.75) is 26.8 Å². The van der Waals surface area contributed by atoms with Crippen LogP contribution in [0.5, 0.6) is 5.75 Å². The molecule has 0 aliphatic carbocycles. The Hall–Kier alpha value is -5.02. The van der Waals surface area contributed by atoms with Gasteiger partial charge in [0.15, 0.2) is 4.80 Å². The van der Waals surface area contributed by atoms with Gasteiger partial charge in [-0.05, 0) is 56.7 Å². The molecule has 0 bridgehead atoms. The monoisotopic (exact) mass is 590 g/mol. The molecule has 0 saturated heterocycles. The molecular formula is C34H30N4O4S. The predicted octanol–water partition coefficient (Wildman–Crippen LogP) is 4.97. The summed E-state index contributed by atoms with van der Waals surface area (Å²) in [7, 11) is 1.59. The van der Waals surface area contributed by atoms with Gasteiger partial charge < -0.3 is 9.47 Å². The highest BCUT2D eigenvalue weighted by Crippen LogP contribution is 2.32. The SMILES string of the molecule is CCOC(=O)C1=C(C)N=c2s/c(=C\c3cn(-c4ccccc4)nc3-c3ccc(C)cc3)c(=O)n2[C@H]1c1ccc(OC)cc1. The molecule has 0 saturated carbocycles. The molecule has 1 atom stereocenters. The number of benzene rings is 3. The van der Waals surface area contributed by atoms with Gasteiger partial charge in [0.25, 0.3) is 5.56 Å². The Labute approximate surface area is 252 Å². The van der Waals surface area contributed by atoms with Crippen LogP contribution in [0, 0.1) is 6.92 Å². The van der Waals surface area contributed by atoms with Crippen molar-refractivity contribution >= 4 is 23.4 Å². The molecule has 0 N–H and O–H groups in total. The van der Waals surface area contributed by atoms with Gasteiger partial charge in [-0.25, -0.2) is 14.5 Å². The number of carbonyl (C=O) groups excluding carboxylic acids is 1. The molecule has 1 aliphatic rings. The second-order valence-corrected chi connectivity index (χ2v) is 11.2. The first-order valence-corrected chi connectivity index (χ1v) is 14.8. The number of carbonyl (C=O) groups is 1. The summed E-state index contributed by atoms with van der Waals surface area (Å²) in [6.45, 7) is 5.79. The molecule has 9 heteroatoms. The van der Waals surface area contributed by atoms with Crippen molar-refractivity contribution < 1.29 is 14.3 Å². The van der Waals surface area contributed by atoms with Gasteiger partial charge in [0.2, 0.25) is 0 Å². The van der Waals surface area contributed by atoms with Crippen molar-refractivity contribution in [3.8, 4) is 22.7 Å². The zero-order valence-electron chi connectivity index (χ0n) is 24.3. The fourth-order valence-electron chi connectivity index (χ4n) is 5.18. The van der Waals surface area contributed by atoms with E-state index in [0.717, 1.165) is 33.6 Å². The minimum Gasteiger partial charge on any atom is -0.497 e. The smallest absolute Gasteiger partial charge is 0.338 e. The maximum atomic E-state index is 14.2.